The molecule has 0 bridgehead atoms. The monoisotopic (exact) mass is 294 g/mol. The van der Waals surface area contributed by atoms with Crippen LogP contribution in [0.2, 0.25) is 0 Å². The van der Waals surface area contributed by atoms with Crippen molar-refractivity contribution >= 4 is 15.7 Å². The summed E-state index contributed by atoms with van der Waals surface area (Å²) >= 11 is 0. The van der Waals surface area contributed by atoms with Gasteiger partial charge in [0.15, 0.2) is 0 Å². The molecule has 0 saturated carbocycles. The van der Waals surface area contributed by atoms with E-state index in [4.69, 9.17) is 4.74 Å². The Kier molecular flexibility index (Phi) is 3.41. The van der Waals surface area contributed by atoms with Gasteiger partial charge >= 0.3 is 0 Å². The minimum absolute atomic E-state index is 0.122. The second-order valence-corrected chi connectivity index (χ2v) is 6.20. The molecule has 0 amide bonds. The van der Waals surface area contributed by atoms with Gasteiger partial charge in [0.05, 0.1) is 24.5 Å². The highest BCUT2D eigenvalue weighted by molar-refractivity contribution is 7.92. The average Bonchev–Trinajstić information content (AvgIpc) is 3.10. The van der Waals surface area contributed by atoms with Crippen LogP contribution < -0.4 is 4.72 Å². The molecular weight excluding hydrogens is 280 g/mol. The summed E-state index contributed by atoms with van der Waals surface area (Å²) in [6.07, 6.45) is 6.88. The quantitative estimate of drug-likeness (QED) is 0.910. The van der Waals surface area contributed by atoms with Crippen molar-refractivity contribution < 1.29 is 13.2 Å². The first-order valence-electron chi connectivity index (χ1n) is 6.20. The summed E-state index contributed by atoms with van der Waals surface area (Å²) < 4.78 is 33.7. The van der Waals surface area contributed by atoms with Crippen LogP contribution in [0.5, 0.6) is 0 Å². The second-order valence-electron chi connectivity index (χ2n) is 4.52. The third-order valence-corrected chi connectivity index (χ3v) is 4.44. The van der Waals surface area contributed by atoms with E-state index in [-0.39, 0.29) is 10.9 Å². The Morgan fingerprint density at radius 2 is 2.30 bits per heavy atom. The van der Waals surface area contributed by atoms with Crippen LogP contribution in [0.25, 0.3) is 0 Å². The lowest BCUT2D eigenvalue weighted by Crippen LogP contribution is -2.13. The highest BCUT2D eigenvalue weighted by Crippen LogP contribution is 2.21. The van der Waals surface area contributed by atoms with Crippen LogP contribution in [0.1, 0.15) is 12.5 Å². The van der Waals surface area contributed by atoms with E-state index >= 15 is 0 Å². The zero-order valence-electron chi connectivity index (χ0n) is 10.6. The zero-order chi connectivity index (χ0) is 14.0. The lowest BCUT2D eigenvalue weighted by atomic mass is 10.3. The summed E-state index contributed by atoms with van der Waals surface area (Å²) in [5.74, 6) is 0. The number of hydrogen-bond donors (Lipinski definition) is 1. The first kappa shape index (κ1) is 13.1. The van der Waals surface area contributed by atoms with Crippen molar-refractivity contribution in [2.24, 2.45) is 0 Å². The van der Waals surface area contributed by atoms with Gasteiger partial charge in [0.1, 0.15) is 4.90 Å². The summed E-state index contributed by atoms with van der Waals surface area (Å²) in [5.41, 5.74) is 0.431. The molecule has 1 fully saturated rings. The molecule has 2 aromatic heterocycles. The molecule has 1 aliphatic rings. The first-order chi connectivity index (χ1) is 9.65. The largest absolute Gasteiger partial charge is 0.379 e. The van der Waals surface area contributed by atoms with Gasteiger partial charge in [-0.2, -0.15) is 5.10 Å². The van der Waals surface area contributed by atoms with Crippen molar-refractivity contribution in [2.75, 3.05) is 17.9 Å². The molecule has 8 heteroatoms. The van der Waals surface area contributed by atoms with E-state index in [2.05, 4.69) is 14.8 Å². The van der Waals surface area contributed by atoms with Crippen molar-refractivity contribution in [3.8, 4) is 0 Å². The normalized spacial score (nSPS) is 19.1. The number of nitrogens with zero attached hydrogens (tertiary/aromatic N) is 3. The van der Waals surface area contributed by atoms with Crippen molar-refractivity contribution in [1.29, 1.82) is 0 Å². The maximum absolute atomic E-state index is 12.1. The van der Waals surface area contributed by atoms with E-state index in [0.717, 1.165) is 6.42 Å². The van der Waals surface area contributed by atoms with Gasteiger partial charge in [0.25, 0.3) is 10.0 Å². The summed E-state index contributed by atoms with van der Waals surface area (Å²) in [4.78, 5) is 3.93. The molecule has 0 aromatic carbocycles. The van der Waals surface area contributed by atoms with E-state index in [1.165, 1.54) is 24.7 Å². The molecule has 0 unspecified atom stereocenters. The minimum Gasteiger partial charge on any atom is -0.379 e. The van der Waals surface area contributed by atoms with E-state index in [1.54, 1.807) is 16.9 Å². The van der Waals surface area contributed by atoms with Crippen LogP contribution in [0, 0.1) is 0 Å². The smallest absolute Gasteiger partial charge is 0.263 e. The summed E-state index contributed by atoms with van der Waals surface area (Å²) in [6, 6.07) is 3.24. The summed E-state index contributed by atoms with van der Waals surface area (Å²) in [6.45, 7) is 1.32. The van der Waals surface area contributed by atoms with Crippen LogP contribution in [0.15, 0.2) is 41.8 Å². The highest BCUT2D eigenvalue weighted by atomic mass is 32.2. The van der Waals surface area contributed by atoms with E-state index < -0.39 is 10.0 Å². The molecule has 0 spiro atoms. The first-order valence-corrected chi connectivity index (χ1v) is 7.68. The van der Waals surface area contributed by atoms with Crippen LogP contribution in [0.4, 0.5) is 5.69 Å². The van der Waals surface area contributed by atoms with Gasteiger partial charge in [-0.3, -0.25) is 14.4 Å². The molecule has 1 N–H and O–H groups in total. The molecule has 0 aliphatic carbocycles. The van der Waals surface area contributed by atoms with Gasteiger partial charge in [0, 0.05) is 25.2 Å². The molecule has 7 nitrogen and oxygen atoms in total. The lowest BCUT2D eigenvalue weighted by molar-refractivity contribution is 0.184. The third kappa shape index (κ3) is 2.66. The number of anilines is 1. The summed E-state index contributed by atoms with van der Waals surface area (Å²) in [7, 11) is -3.62. The Bertz CT molecular complexity index is 678. The predicted molar refractivity (Wildman–Crippen MR) is 71.7 cm³/mol. The van der Waals surface area contributed by atoms with Crippen LogP contribution in [-0.4, -0.2) is 36.4 Å². The van der Waals surface area contributed by atoms with Gasteiger partial charge < -0.3 is 4.74 Å². The fourth-order valence-electron chi connectivity index (χ4n) is 2.04. The van der Waals surface area contributed by atoms with Crippen molar-refractivity contribution in [3.05, 3.63) is 36.9 Å². The van der Waals surface area contributed by atoms with E-state index in [1.807, 2.05) is 0 Å². The molecule has 20 heavy (non-hydrogen) atoms. The second kappa shape index (κ2) is 5.22. The molecule has 2 aromatic rings. The van der Waals surface area contributed by atoms with Gasteiger partial charge in [-0.25, -0.2) is 8.42 Å². The molecule has 0 radical (unpaired) electrons. The zero-order valence-corrected chi connectivity index (χ0v) is 11.5. The molecule has 1 aliphatic heterocycles. The third-order valence-electron chi connectivity index (χ3n) is 3.08. The van der Waals surface area contributed by atoms with E-state index in [0.29, 0.717) is 18.9 Å². The van der Waals surface area contributed by atoms with Crippen molar-refractivity contribution in [1.82, 2.24) is 14.8 Å². The number of sulfonamides is 1. The predicted octanol–water partition coefficient (Wildman–Crippen LogP) is 1.04. The Balaban J connectivity index is 1.78. The Morgan fingerprint density at radius 3 is 3.00 bits per heavy atom. The fraction of sp³-hybridized carbons (Fsp3) is 0.333. The molecule has 3 heterocycles. The number of ether oxygens (including phenoxy) is 1. The Morgan fingerprint density at radius 1 is 1.40 bits per heavy atom. The van der Waals surface area contributed by atoms with E-state index in [9.17, 15) is 8.42 Å². The van der Waals surface area contributed by atoms with Crippen molar-refractivity contribution in [2.45, 2.75) is 17.4 Å². The van der Waals surface area contributed by atoms with Gasteiger partial charge in [-0.05, 0) is 18.6 Å². The molecule has 106 valence electrons. The van der Waals surface area contributed by atoms with Crippen LogP contribution in [0.3, 0.4) is 0 Å². The lowest BCUT2D eigenvalue weighted by Gasteiger charge is -2.07. The molecule has 3 rings (SSSR count). The SMILES string of the molecule is O=S(=O)(Nc1cnn([C@H]2CCOC2)c1)c1cccnc1. The number of aromatic nitrogens is 3. The van der Waals surface area contributed by atoms with Crippen LogP contribution >= 0.6 is 0 Å². The highest BCUT2D eigenvalue weighted by Gasteiger charge is 2.20. The Hall–Kier alpha value is -1.93. The van der Waals surface area contributed by atoms with Gasteiger partial charge in [0.2, 0.25) is 0 Å². The maximum Gasteiger partial charge on any atom is 0.263 e. The Labute approximate surface area is 116 Å². The topological polar surface area (TPSA) is 86.1 Å². The minimum atomic E-state index is -3.62. The van der Waals surface area contributed by atoms with Gasteiger partial charge in [-0.1, -0.05) is 0 Å². The maximum atomic E-state index is 12.1. The van der Waals surface area contributed by atoms with Gasteiger partial charge in [-0.15, -0.1) is 0 Å². The number of hydrogen-bond acceptors (Lipinski definition) is 5. The number of rotatable bonds is 4. The molecular formula is C12H14N4O3S. The average molecular weight is 294 g/mol. The number of nitrogens with one attached hydrogen (secondary N) is 1. The van der Waals surface area contributed by atoms with Crippen LogP contribution in [-0.2, 0) is 14.8 Å². The number of pyridine rings is 1. The fourth-order valence-corrected chi connectivity index (χ4v) is 3.03. The summed E-state index contributed by atoms with van der Waals surface area (Å²) in [5, 5.41) is 4.17. The molecule has 1 saturated heterocycles. The van der Waals surface area contributed by atoms with Crippen molar-refractivity contribution in [3.63, 3.8) is 0 Å². The molecule has 1 atom stereocenters. The standard InChI is InChI=1S/C12H14N4O3S/c17-20(18,12-2-1-4-13-7-12)15-10-6-14-16(8-10)11-3-5-19-9-11/h1-2,4,6-8,11,15H,3,5,9H2/t11-/m0/s1.